The van der Waals surface area contributed by atoms with Gasteiger partial charge in [0.15, 0.2) is 0 Å². The number of rotatable bonds is 4. The number of nitrogens with one attached hydrogen (secondary N) is 1. The van der Waals surface area contributed by atoms with E-state index in [1.54, 1.807) is 19.1 Å². The molecule has 106 valence electrons. The van der Waals surface area contributed by atoms with Gasteiger partial charge in [-0.15, -0.1) is 0 Å². The van der Waals surface area contributed by atoms with E-state index in [2.05, 4.69) is 4.98 Å². The van der Waals surface area contributed by atoms with Crippen molar-refractivity contribution in [3.05, 3.63) is 39.0 Å². The van der Waals surface area contributed by atoms with Crippen molar-refractivity contribution in [1.82, 2.24) is 9.55 Å². The molecule has 0 fully saturated rings. The number of ether oxygens (including phenoxy) is 2. The van der Waals surface area contributed by atoms with Gasteiger partial charge in [0.1, 0.15) is 12.3 Å². The Morgan fingerprint density at radius 3 is 2.75 bits per heavy atom. The number of hydrogen-bond acceptors (Lipinski definition) is 5. The highest BCUT2D eigenvalue weighted by molar-refractivity contribution is 5.81. The topological polar surface area (TPSA) is 90.4 Å². The molecule has 0 saturated heterocycles. The van der Waals surface area contributed by atoms with Crippen LogP contribution in [0.5, 0.6) is 5.75 Å². The molecule has 0 radical (unpaired) electrons. The molecule has 0 amide bonds. The Kier molecular flexibility index (Phi) is 3.88. The Labute approximate surface area is 113 Å². The first-order valence-electron chi connectivity index (χ1n) is 6.03. The number of esters is 1. The van der Waals surface area contributed by atoms with Gasteiger partial charge in [-0.3, -0.25) is 19.1 Å². The van der Waals surface area contributed by atoms with Gasteiger partial charge >= 0.3 is 11.7 Å². The Hall–Kier alpha value is -2.57. The van der Waals surface area contributed by atoms with Gasteiger partial charge in [-0.2, -0.15) is 0 Å². The standard InChI is InChI=1S/C13H14N2O5/c1-3-20-11(16)7-15-10-5-4-8(19-2)6-9(10)12(17)14-13(15)18/h4-6H,3,7H2,1-2H3,(H,14,17,18). The Morgan fingerprint density at radius 1 is 1.35 bits per heavy atom. The van der Waals surface area contributed by atoms with Crippen molar-refractivity contribution in [2.75, 3.05) is 13.7 Å². The molecule has 0 aliphatic carbocycles. The maximum absolute atomic E-state index is 11.8. The Bertz CT molecular complexity index is 759. The van der Waals surface area contributed by atoms with Crippen LogP contribution in [-0.2, 0) is 16.1 Å². The van der Waals surface area contributed by atoms with Crippen molar-refractivity contribution < 1.29 is 14.3 Å². The van der Waals surface area contributed by atoms with Gasteiger partial charge in [-0.05, 0) is 25.1 Å². The monoisotopic (exact) mass is 278 g/mol. The van der Waals surface area contributed by atoms with E-state index in [0.717, 1.165) is 4.57 Å². The van der Waals surface area contributed by atoms with Crippen molar-refractivity contribution in [3.8, 4) is 5.75 Å². The third-order valence-electron chi connectivity index (χ3n) is 2.80. The number of hydrogen-bond donors (Lipinski definition) is 1. The first kappa shape index (κ1) is 13.9. The zero-order valence-corrected chi connectivity index (χ0v) is 11.1. The minimum atomic E-state index is -0.652. The first-order valence-corrected chi connectivity index (χ1v) is 6.03. The molecule has 1 aromatic carbocycles. The number of fused-ring (bicyclic) bond motifs is 1. The molecule has 0 aliphatic heterocycles. The second-order valence-corrected chi connectivity index (χ2v) is 4.03. The quantitative estimate of drug-likeness (QED) is 0.810. The summed E-state index contributed by atoms with van der Waals surface area (Å²) < 4.78 is 11.0. The number of aromatic nitrogens is 2. The van der Waals surface area contributed by atoms with E-state index in [4.69, 9.17) is 9.47 Å². The smallest absolute Gasteiger partial charge is 0.329 e. The molecule has 2 rings (SSSR count). The summed E-state index contributed by atoms with van der Waals surface area (Å²) in [5.74, 6) is -0.0527. The molecule has 7 nitrogen and oxygen atoms in total. The van der Waals surface area contributed by atoms with Crippen LogP contribution in [0.3, 0.4) is 0 Å². The summed E-state index contributed by atoms with van der Waals surface area (Å²) in [5.41, 5.74) is -0.822. The third kappa shape index (κ3) is 2.56. The van der Waals surface area contributed by atoms with Gasteiger partial charge < -0.3 is 9.47 Å². The van der Waals surface area contributed by atoms with Crippen LogP contribution in [0.15, 0.2) is 27.8 Å². The predicted molar refractivity (Wildman–Crippen MR) is 72.0 cm³/mol. The first-order chi connectivity index (χ1) is 9.56. The zero-order valence-electron chi connectivity index (χ0n) is 11.1. The van der Waals surface area contributed by atoms with Crippen LogP contribution in [0.25, 0.3) is 10.9 Å². The summed E-state index contributed by atoms with van der Waals surface area (Å²) >= 11 is 0. The van der Waals surface area contributed by atoms with E-state index in [0.29, 0.717) is 11.3 Å². The number of H-pyrrole nitrogens is 1. The minimum Gasteiger partial charge on any atom is -0.497 e. The number of methoxy groups -OCH3 is 1. The molecule has 0 aliphatic rings. The summed E-state index contributed by atoms with van der Waals surface area (Å²) in [5, 5.41) is 0.272. The van der Waals surface area contributed by atoms with Gasteiger partial charge in [-0.1, -0.05) is 0 Å². The lowest BCUT2D eigenvalue weighted by Gasteiger charge is -2.09. The number of carbonyl (C=O) groups excluding carboxylic acids is 1. The summed E-state index contributed by atoms with van der Waals surface area (Å²) in [7, 11) is 1.48. The van der Waals surface area contributed by atoms with E-state index in [-0.39, 0.29) is 18.5 Å². The van der Waals surface area contributed by atoms with Crippen molar-refractivity contribution in [3.63, 3.8) is 0 Å². The number of carbonyl (C=O) groups is 1. The highest BCUT2D eigenvalue weighted by Crippen LogP contribution is 2.16. The molecule has 0 bridgehead atoms. The van der Waals surface area contributed by atoms with E-state index in [1.807, 2.05) is 0 Å². The summed E-state index contributed by atoms with van der Waals surface area (Å²) in [6.45, 7) is 1.64. The van der Waals surface area contributed by atoms with Gasteiger partial charge in [0.25, 0.3) is 5.56 Å². The fourth-order valence-electron chi connectivity index (χ4n) is 1.89. The molecular formula is C13H14N2O5. The SMILES string of the molecule is CCOC(=O)Cn1c(=O)[nH]c(=O)c2cc(OC)ccc21. The molecule has 1 N–H and O–H groups in total. The van der Waals surface area contributed by atoms with Crippen LogP contribution in [0.4, 0.5) is 0 Å². The molecule has 0 atom stereocenters. The molecule has 2 aromatic rings. The number of benzene rings is 1. The maximum atomic E-state index is 11.8. The highest BCUT2D eigenvalue weighted by atomic mass is 16.5. The highest BCUT2D eigenvalue weighted by Gasteiger charge is 2.12. The number of nitrogens with zero attached hydrogens (tertiary/aromatic N) is 1. The molecule has 0 saturated carbocycles. The lowest BCUT2D eigenvalue weighted by atomic mass is 10.2. The molecule has 1 heterocycles. The van der Waals surface area contributed by atoms with E-state index < -0.39 is 17.2 Å². The summed E-state index contributed by atoms with van der Waals surface area (Å²) in [4.78, 5) is 37.3. The van der Waals surface area contributed by atoms with Crippen molar-refractivity contribution in [1.29, 1.82) is 0 Å². The van der Waals surface area contributed by atoms with Crippen LogP contribution in [0, 0.1) is 0 Å². The maximum Gasteiger partial charge on any atom is 0.329 e. The minimum absolute atomic E-state index is 0.225. The van der Waals surface area contributed by atoms with Crippen molar-refractivity contribution in [2.45, 2.75) is 13.5 Å². The van der Waals surface area contributed by atoms with Gasteiger partial charge in [0.05, 0.1) is 24.6 Å². The Morgan fingerprint density at radius 2 is 2.10 bits per heavy atom. The fourth-order valence-corrected chi connectivity index (χ4v) is 1.89. The van der Waals surface area contributed by atoms with Crippen molar-refractivity contribution >= 4 is 16.9 Å². The normalized spacial score (nSPS) is 10.5. The molecule has 20 heavy (non-hydrogen) atoms. The molecular weight excluding hydrogens is 264 g/mol. The molecule has 7 heteroatoms. The van der Waals surface area contributed by atoms with E-state index >= 15 is 0 Å². The average Bonchev–Trinajstić information content (AvgIpc) is 2.43. The second-order valence-electron chi connectivity index (χ2n) is 4.03. The lowest BCUT2D eigenvalue weighted by Crippen LogP contribution is -2.32. The van der Waals surface area contributed by atoms with Crippen molar-refractivity contribution in [2.24, 2.45) is 0 Å². The Balaban J connectivity index is 2.62. The van der Waals surface area contributed by atoms with Crippen LogP contribution in [-0.4, -0.2) is 29.2 Å². The second kappa shape index (κ2) is 5.60. The largest absolute Gasteiger partial charge is 0.497 e. The van der Waals surface area contributed by atoms with Crippen LogP contribution >= 0.6 is 0 Å². The molecule has 1 aromatic heterocycles. The average molecular weight is 278 g/mol. The molecule has 0 unspecified atom stereocenters. The van der Waals surface area contributed by atoms with Gasteiger partial charge in [0, 0.05) is 0 Å². The van der Waals surface area contributed by atoms with Gasteiger partial charge in [-0.25, -0.2) is 4.79 Å². The zero-order chi connectivity index (χ0) is 14.7. The predicted octanol–water partition coefficient (Wildman–Crippen LogP) is 0.262. The summed E-state index contributed by atoms with van der Waals surface area (Å²) in [6, 6.07) is 4.68. The number of aromatic amines is 1. The fraction of sp³-hybridized carbons (Fsp3) is 0.308. The van der Waals surface area contributed by atoms with Gasteiger partial charge in [0.2, 0.25) is 0 Å². The summed E-state index contributed by atoms with van der Waals surface area (Å²) in [6.07, 6.45) is 0. The van der Waals surface area contributed by atoms with Crippen LogP contribution in [0.1, 0.15) is 6.92 Å². The van der Waals surface area contributed by atoms with Crippen LogP contribution in [0.2, 0.25) is 0 Å². The third-order valence-corrected chi connectivity index (χ3v) is 2.80. The van der Waals surface area contributed by atoms with E-state index in [9.17, 15) is 14.4 Å². The molecule has 0 spiro atoms. The lowest BCUT2D eigenvalue weighted by molar-refractivity contribution is -0.143. The van der Waals surface area contributed by atoms with Crippen LogP contribution < -0.4 is 16.0 Å². The van der Waals surface area contributed by atoms with E-state index in [1.165, 1.54) is 13.2 Å².